The van der Waals surface area contributed by atoms with E-state index in [0.717, 1.165) is 52.8 Å². The molecule has 1 aromatic heterocycles. The molecular weight excluding hydrogens is 328 g/mol. The Hall–Kier alpha value is -2.75. The summed E-state index contributed by atoms with van der Waals surface area (Å²) < 4.78 is 17.0. The first-order valence-corrected chi connectivity index (χ1v) is 8.94. The Balaban J connectivity index is 2.02. The monoisotopic (exact) mass is 352 g/mol. The molecule has 0 fully saturated rings. The van der Waals surface area contributed by atoms with E-state index in [0.29, 0.717) is 12.2 Å². The predicted molar refractivity (Wildman–Crippen MR) is 103 cm³/mol. The average molecular weight is 352 g/mol. The highest BCUT2D eigenvalue weighted by Crippen LogP contribution is 2.32. The highest BCUT2D eigenvalue weighted by Gasteiger charge is 2.13. The molecule has 26 heavy (non-hydrogen) atoms. The van der Waals surface area contributed by atoms with Gasteiger partial charge in [-0.25, -0.2) is 4.79 Å². The lowest BCUT2D eigenvalue weighted by atomic mass is 10.0. The zero-order chi connectivity index (χ0) is 18.5. The van der Waals surface area contributed by atoms with Crippen LogP contribution in [0.4, 0.5) is 0 Å². The van der Waals surface area contributed by atoms with Crippen molar-refractivity contribution >= 4 is 11.0 Å². The summed E-state index contributed by atoms with van der Waals surface area (Å²) in [5.41, 5.74) is 3.21. The molecule has 0 saturated heterocycles. The summed E-state index contributed by atoms with van der Waals surface area (Å²) in [5.74, 6) is 1.53. The molecule has 1 heterocycles. The largest absolute Gasteiger partial charge is 0.496 e. The Kier molecular flexibility index (Phi) is 5.61. The van der Waals surface area contributed by atoms with Crippen LogP contribution in [0.2, 0.25) is 0 Å². The molecule has 0 bridgehead atoms. The van der Waals surface area contributed by atoms with Crippen molar-refractivity contribution in [2.45, 2.75) is 39.7 Å². The molecule has 0 radical (unpaired) electrons. The van der Waals surface area contributed by atoms with Gasteiger partial charge in [0.05, 0.1) is 12.5 Å². The molecule has 0 aliphatic rings. The number of hydrogen-bond donors (Lipinski definition) is 0. The van der Waals surface area contributed by atoms with Gasteiger partial charge in [0, 0.05) is 11.6 Å². The van der Waals surface area contributed by atoms with Crippen LogP contribution in [0.5, 0.6) is 11.5 Å². The van der Waals surface area contributed by atoms with Crippen molar-refractivity contribution in [1.82, 2.24) is 0 Å². The van der Waals surface area contributed by atoms with E-state index in [2.05, 4.69) is 6.92 Å². The number of rotatable bonds is 7. The van der Waals surface area contributed by atoms with Crippen molar-refractivity contribution in [2.24, 2.45) is 0 Å². The number of benzene rings is 2. The van der Waals surface area contributed by atoms with Crippen molar-refractivity contribution in [3.8, 4) is 11.5 Å². The number of aryl methyl sites for hydroxylation is 2. The minimum Gasteiger partial charge on any atom is -0.496 e. The molecule has 0 spiro atoms. The highest BCUT2D eigenvalue weighted by molar-refractivity contribution is 5.87. The molecule has 4 nitrogen and oxygen atoms in total. The van der Waals surface area contributed by atoms with E-state index >= 15 is 0 Å². The third kappa shape index (κ3) is 3.90. The second kappa shape index (κ2) is 8.09. The first-order valence-electron chi connectivity index (χ1n) is 8.94. The van der Waals surface area contributed by atoms with Crippen LogP contribution in [0.3, 0.4) is 0 Å². The van der Waals surface area contributed by atoms with E-state index in [1.165, 1.54) is 0 Å². The van der Waals surface area contributed by atoms with Crippen LogP contribution < -0.4 is 15.1 Å². The second-order valence-electron chi connectivity index (χ2n) is 6.43. The molecule has 3 rings (SSSR count). The maximum Gasteiger partial charge on any atom is 0.336 e. The lowest BCUT2D eigenvalue weighted by Gasteiger charge is -2.14. The number of methoxy groups -OCH3 is 1. The lowest BCUT2D eigenvalue weighted by molar-refractivity contribution is 0.299. The molecule has 0 unspecified atom stereocenters. The number of para-hydroxylation sites is 1. The van der Waals surface area contributed by atoms with Gasteiger partial charge in [0.1, 0.15) is 23.7 Å². The van der Waals surface area contributed by atoms with Crippen molar-refractivity contribution in [1.29, 1.82) is 0 Å². The van der Waals surface area contributed by atoms with Gasteiger partial charge in [0.25, 0.3) is 0 Å². The van der Waals surface area contributed by atoms with E-state index in [9.17, 15) is 4.79 Å². The number of hydrogen-bond acceptors (Lipinski definition) is 4. The molecule has 2 aromatic carbocycles. The molecule has 0 atom stereocenters. The molecule has 0 aliphatic heterocycles. The fourth-order valence-corrected chi connectivity index (χ4v) is 3.13. The van der Waals surface area contributed by atoms with Gasteiger partial charge < -0.3 is 13.9 Å². The van der Waals surface area contributed by atoms with Gasteiger partial charge in [-0.1, -0.05) is 31.5 Å². The summed E-state index contributed by atoms with van der Waals surface area (Å²) in [5, 5.41) is 0.888. The molecule has 0 aliphatic carbocycles. The average Bonchev–Trinajstić information content (AvgIpc) is 2.63. The third-order valence-electron chi connectivity index (χ3n) is 4.41. The zero-order valence-corrected chi connectivity index (χ0v) is 15.5. The summed E-state index contributed by atoms with van der Waals surface area (Å²) in [7, 11) is 1.65. The number of ether oxygens (including phenoxy) is 2. The maximum atomic E-state index is 11.9. The highest BCUT2D eigenvalue weighted by atomic mass is 16.5. The summed E-state index contributed by atoms with van der Waals surface area (Å²) in [6, 6.07) is 13.3. The standard InChI is InChI=1S/C22H24O4/c1-4-5-8-16-13-21(23)26-20-12-15(2)11-19(22(16)20)25-14-17-9-6-7-10-18(17)24-3/h6-7,9-13H,4-5,8,14H2,1-3H3. The van der Waals surface area contributed by atoms with Gasteiger partial charge in [-0.2, -0.15) is 0 Å². The van der Waals surface area contributed by atoms with Crippen molar-refractivity contribution in [3.63, 3.8) is 0 Å². The second-order valence-corrected chi connectivity index (χ2v) is 6.43. The summed E-state index contributed by atoms with van der Waals surface area (Å²) in [6.45, 7) is 4.49. The van der Waals surface area contributed by atoms with Crippen LogP contribution in [-0.4, -0.2) is 7.11 Å². The fourth-order valence-electron chi connectivity index (χ4n) is 3.13. The first-order chi connectivity index (χ1) is 12.6. The maximum absolute atomic E-state index is 11.9. The third-order valence-corrected chi connectivity index (χ3v) is 4.41. The Bertz CT molecular complexity index is 956. The number of fused-ring (bicyclic) bond motifs is 1. The Morgan fingerprint density at radius 1 is 1.04 bits per heavy atom. The normalized spacial score (nSPS) is 10.9. The van der Waals surface area contributed by atoms with E-state index in [1.807, 2.05) is 43.3 Å². The summed E-state index contributed by atoms with van der Waals surface area (Å²) in [6.07, 6.45) is 2.90. The Morgan fingerprint density at radius 2 is 1.85 bits per heavy atom. The van der Waals surface area contributed by atoms with Gasteiger partial charge in [-0.3, -0.25) is 0 Å². The smallest absolute Gasteiger partial charge is 0.336 e. The van der Waals surface area contributed by atoms with Crippen LogP contribution in [0.25, 0.3) is 11.0 Å². The van der Waals surface area contributed by atoms with Crippen LogP contribution in [-0.2, 0) is 13.0 Å². The lowest BCUT2D eigenvalue weighted by Crippen LogP contribution is -2.04. The SMILES string of the molecule is CCCCc1cc(=O)oc2cc(C)cc(OCc3ccccc3OC)c12. The van der Waals surface area contributed by atoms with E-state index < -0.39 is 0 Å². The molecule has 0 saturated carbocycles. The van der Waals surface area contributed by atoms with E-state index in [-0.39, 0.29) is 5.63 Å². The first kappa shape index (κ1) is 18.1. The quantitative estimate of drug-likeness (QED) is 0.560. The molecular formula is C22H24O4. The van der Waals surface area contributed by atoms with Gasteiger partial charge in [0.15, 0.2) is 0 Å². The summed E-state index contributed by atoms with van der Waals surface area (Å²) >= 11 is 0. The zero-order valence-electron chi connectivity index (χ0n) is 15.5. The molecule has 4 heteroatoms. The Labute approximate surface area is 153 Å². The molecule has 0 N–H and O–H groups in total. The van der Waals surface area contributed by atoms with Gasteiger partial charge >= 0.3 is 5.63 Å². The van der Waals surface area contributed by atoms with Gasteiger partial charge in [-0.05, 0) is 49.1 Å². The van der Waals surface area contributed by atoms with Gasteiger partial charge in [-0.15, -0.1) is 0 Å². The fraction of sp³-hybridized carbons (Fsp3) is 0.318. The number of unbranched alkanes of at least 4 members (excludes halogenated alkanes) is 1. The minimum absolute atomic E-state index is 0.315. The predicted octanol–water partition coefficient (Wildman–Crippen LogP) is 5.03. The van der Waals surface area contributed by atoms with Crippen LogP contribution in [0.1, 0.15) is 36.5 Å². The van der Waals surface area contributed by atoms with Crippen LogP contribution >= 0.6 is 0 Å². The van der Waals surface area contributed by atoms with E-state index in [1.54, 1.807) is 13.2 Å². The molecule has 3 aromatic rings. The Morgan fingerprint density at radius 3 is 2.62 bits per heavy atom. The minimum atomic E-state index is -0.315. The van der Waals surface area contributed by atoms with Gasteiger partial charge in [0.2, 0.25) is 0 Å². The van der Waals surface area contributed by atoms with Crippen molar-refractivity contribution in [3.05, 3.63) is 69.6 Å². The summed E-state index contributed by atoms with van der Waals surface area (Å²) in [4.78, 5) is 11.9. The van der Waals surface area contributed by atoms with Crippen molar-refractivity contribution < 1.29 is 13.9 Å². The molecule has 136 valence electrons. The van der Waals surface area contributed by atoms with Crippen LogP contribution in [0.15, 0.2) is 51.7 Å². The topological polar surface area (TPSA) is 48.7 Å². The van der Waals surface area contributed by atoms with E-state index in [4.69, 9.17) is 13.9 Å². The van der Waals surface area contributed by atoms with Crippen molar-refractivity contribution in [2.75, 3.05) is 7.11 Å². The van der Waals surface area contributed by atoms with Crippen LogP contribution in [0, 0.1) is 6.92 Å². The molecule has 0 amide bonds.